The number of ether oxygens (including phenoxy) is 2. The van der Waals surface area contributed by atoms with E-state index >= 15 is 0 Å². The van der Waals surface area contributed by atoms with Gasteiger partial charge in [0.25, 0.3) is 0 Å². The highest BCUT2D eigenvalue weighted by Gasteiger charge is 2.21. The topological polar surface area (TPSA) is 35.5 Å². The molecule has 0 aliphatic carbocycles. The highest BCUT2D eigenvalue weighted by atomic mass is 16.5. The van der Waals surface area contributed by atoms with Gasteiger partial charge in [0, 0.05) is 6.07 Å². The number of Topliss-reactive ketones (excluding diaryl/α,β-unsaturated/α-hetero) is 1. The van der Waals surface area contributed by atoms with E-state index in [-0.39, 0.29) is 12.4 Å². The molecular weight excluding hydrogens is 240 g/mol. The first kappa shape index (κ1) is 11.8. The molecule has 3 nitrogen and oxygen atoms in total. The predicted molar refractivity (Wildman–Crippen MR) is 71.8 cm³/mol. The SMILES string of the molecule is Cc1ccccc1COc1ccc2c(c1)OCC2=O. The van der Waals surface area contributed by atoms with Crippen molar-refractivity contribution >= 4 is 5.78 Å². The largest absolute Gasteiger partial charge is 0.489 e. The molecule has 0 radical (unpaired) electrons. The van der Waals surface area contributed by atoms with Gasteiger partial charge in [-0.15, -0.1) is 0 Å². The smallest absolute Gasteiger partial charge is 0.203 e. The maximum atomic E-state index is 11.4. The number of ketones is 1. The zero-order valence-corrected chi connectivity index (χ0v) is 10.7. The fraction of sp³-hybridized carbons (Fsp3) is 0.188. The average molecular weight is 254 g/mol. The molecule has 0 N–H and O–H groups in total. The van der Waals surface area contributed by atoms with Gasteiger partial charge < -0.3 is 9.47 Å². The maximum absolute atomic E-state index is 11.4. The van der Waals surface area contributed by atoms with Crippen molar-refractivity contribution in [2.75, 3.05) is 6.61 Å². The van der Waals surface area contributed by atoms with Crippen LogP contribution in [-0.4, -0.2) is 12.4 Å². The molecule has 1 aliphatic heterocycles. The van der Waals surface area contributed by atoms with Crippen molar-refractivity contribution in [3.05, 3.63) is 59.2 Å². The molecule has 0 saturated heterocycles. The Balaban J connectivity index is 1.75. The summed E-state index contributed by atoms with van der Waals surface area (Å²) in [5.74, 6) is 1.37. The van der Waals surface area contributed by atoms with E-state index in [0.717, 1.165) is 11.3 Å². The molecule has 3 rings (SSSR count). The summed E-state index contributed by atoms with van der Waals surface area (Å²) in [6, 6.07) is 13.5. The predicted octanol–water partition coefficient (Wildman–Crippen LogP) is 3.15. The Morgan fingerprint density at radius 1 is 1.21 bits per heavy atom. The van der Waals surface area contributed by atoms with Gasteiger partial charge in [-0.3, -0.25) is 4.79 Å². The molecule has 0 spiro atoms. The average Bonchev–Trinajstić information content (AvgIpc) is 2.79. The Morgan fingerprint density at radius 3 is 2.89 bits per heavy atom. The maximum Gasteiger partial charge on any atom is 0.203 e. The zero-order chi connectivity index (χ0) is 13.2. The van der Waals surface area contributed by atoms with Crippen LogP contribution in [0, 0.1) is 6.92 Å². The van der Waals surface area contributed by atoms with E-state index in [4.69, 9.17) is 9.47 Å². The normalized spacial score (nSPS) is 13.0. The lowest BCUT2D eigenvalue weighted by Crippen LogP contribution is -1.98. The molecule has 3 heteroatoms. The van der Waals surface area contributed by atoms with Crippen molar-refractivity contribution in [3.63, 3.8) is 0 Å². The van der Waals surface area contributed by atoms with Crippen molar-refractivity contribution in [2.45, 2.75) is 13.5 Å². The van der Waals surface area contributed by atoms with Crippen LogP contribution in [0.4, 0.5) is 0 Å². The second kappa shape index (κ2) is 4.76. The minimum absolute atomic E-state index is 0.0282. The van der Waals surface area contributed by atoms with Gasteiger partial charge in [-0.2, -0.15) is 0 Å². The van der Waals surface area contributed by atoms with Crippen molar-refractivity contribution < 1.29 is 14.3 Å². The van der Waals surface area contributed by atoms with E-state index in [1.165, 1.54) is 5.56 Å². The first-order chi connectivity index (χ1) is 9.24. The first-order valence-corrected chi connectivity index (χ1v) is 6.21. The van der Waals surface area contributed by atoms with Crippen LogP contribution >= 0.6 is 0 Å². The van der Waals surface area contributed by atoms with Crippen molar-refractivity contribution in [2.24, 2.45) is 0 Å². The minimum atomic E-state index is 0.0282. The number of benzene rings is 2. The van der Waals surface area contributed by atoms with Crippen LogP contribution in [0.3, 0.4) is 0 Å². The number of carbonyl (C=O) groups excluding carboxylic acids is 1. The van der Waals surface area contributed by atoms with Gasteiger partial charge in [-0.25, -0.2) is 0 Å². The van der Waals surface area contributed by atoms with Gasteiger partial charge in [-0.1, -0.05) is 24.3 Å². The van der Waals surface area contributed by atoms with Gasteiger partial charge in [0.2, 0.25) is 5.78 Å². The number of carbonyl (C=O) groups is 1. The standard InChI is InChI=1S/C16H14O3/c1-11-4-2-3-5-12(11)9-18-13-6-7-14-15(17)10-19-16(14)8-13/h2-8H,9-10H2,1H3. The van der Waals surface area contributed by atoms with E-state index in [0.29, 0.717) is 17.9 Å². The highest BCUT2D eigenvalue weighted by Crippen LogP contribution is 2.29. The van der Waals surface area contributed by atoms with Gasteiger partial charge >= 0.3 is 0 Å². The van der Waals surface area contributed by atoms with Crippen molar-refractivity contribution in [1.82, 2.24) is 0 Å². The molecule has 2 aromatic rings. The molecule has 0 amide bonds. The summed E-state index contributed by atoms with van der Waals surface area (Å²) in [7, 11) is 0. The van der Waals surface area contributed by atoms with Crippen LogP contribution in [0.1, 0.15) is 21.5 Å². The fourth-order valence-electron chi connectivity index (χ4n) is 2.10. The Morgan fingerprint density at radius 2 is 2.05 bits per heavy atom. The van der Waals surface area contributed by atoms with Gasteiger partial charge in [0.1, 0.15) is 18.1 Å². The summed E-state index contributed by atoms with van der Waals surface area (Å²) in [5.41, 5.74) is 3.00. The fourth-order valence-corrected chi connectivity index (χ4v) is 2.10. The summed E-state index contributed by atoms with van der Waals surface area (Å²) in [4.78, 5) is 11.4. The zero-order valence-electron chi connectivity index (χ0n) is 10.7. The molecule has 19 heavy (non-hydrogen) atoms. The summed E-state index contributed by atoms with van der Waals surface area (Å²) in [6.07, 6.45) is 0. The number of rotatable bonds is 3. The van der Waals surface area contributed by atoms with Gasteiger partial charge in [0.05, 0.1) is 5.56 Å². The minimum Gasteiger partial charge on any atom is -0.489 e. The van der Waals surface area contributed by atoms with E-state index in [9.17, 15) is 4.79 Å². The molecular formula is C16H14O3. The first-order valence-electron chi connectivity index (χ1n) is 6.21. The Bertz CT molecular complexity index is 632. The third-order valence-electron chi connectivity index (χ3n) is 3.27. The van der Waals surface area contributed by atoms with Crippen molar-refractivity contribution in [1.29, 1.82) is 0 Å². The molecule has 2 aromatic carbocycles. The van der Waals surface area contributed by atoms with Crippen LogP contribution in [0.5, 0.6) is 11.5 Å². The Labute approximate surface area is 111 Å². The monoisotopic (exact) mass is 254 g/mol. The van der Waals surface area contributed by atoms with E-state index < -0.39 is 0 Å². The third-order valence-corrected chi connectivity index (χ3v) is 3.27. The lowest BCUT2D eigenvalue weighted by molar-refractivity contribution is 0.0961. The highest BCUT2D eigenvalue weighted by molar-refractivity contribution is 6.02. The second-order valence-electron chi connectivity index (χ2n) is 4.58. The summed E-state index contributed by atoms with van der Waals surface area (Å²) < 4.78 is 11.0. The summed E-state index contributed by atoms with van der Waals surface area (Å²) in [6.45, 7) is 2.71. The van der Waals surface area contributed by atoms with Gasteiger partial charge in [-0.05, 0) is 30.2 Å². The summed E-state index contributed by atoms with van der Waals surface area (Å²) >= 11 is 0. The number of aryl methyl sites for hydroxylation is 1. The third kappa shape index (κ3) is 2.32. The number of hydrogen-bond acceptors (Lipinski definition) is 3. The van der Waals surface area contributed by atoms with E-state index in [1.54, 1.807) is 12.1 Å². The van der Waals surface area contributed by atoms with Crippen LogP contribution in [-0.2, 0) is 6.61 Å². The molecule has 0 bridgehead atoms. The number of hydrogen-bond donors (Lipinski definition) is 0. The summed E-state index contributed by atoms with van der Waals surface area (Å²) in [5, 5.41) is 0. The van der Waals surface area contributed by atoms with Crippen molar-refractivity contribution in [3.8, 4) is 11.5 Å². The molecule has 0 aromatic heterocycles. The van der Waals surface area contributed by atoms with Crippen LogP contribution in [0.2, 0.25) is 0 Å². The lowest BCUT2D eigenvalue weighted by atomic mass is 10.1. The quantitative estimate of drug-likeness (QED) is 0.844. The second-order valence-corrected chi connectivity index (χ2v) is 4.58. The molecule has 0 atom stereocenters. The van der Waals surface area contributed by atoms with Crippen LogP contribution in [0.15, 0.2) is 42.5 Å². The Kier molecular flexibility index (Phi) is 2.95. The van der Waals surface area contributed by atoms with E-state index in [2.05, 4.69) is 13.0 Å². The van der Waals surface area contributed by atoms with Gasteiger partial charge in [0.15, 0.2) is 6.61 Å². The molecule has 0 unspecified atom stereocenters. The van der Waals surface area contributed by atoms with Crippen LogP contribution < -0.4 is 9.47 Å². The molecule has 1 aliphatic rings. The Hall–Kier alpha value is -2.29. The number of fused-ring (bicyclic) bond motifs is 1. The lowest BCUT2D eigenvalue weighted by Gasteiger charge is -2.09. The van der Waals surface area contributed by atoms with E-state index in [1.807, 2.05) is 24.3 Å². The molecule has 1 heterocycles. The molecule has 0 fully saturated rings. The van der Waals surface area contributed by atoms with Crippen LogP contribution in [0.25, 0.3) is 0 Å². The molecule has 96 valence electrons. The molecule has 0 saturated carbocycles.